The number of anilines is 1. The van der Waals surface area contributed by atoms with Gasteiger partial charge in [-0.15, -0.1) is 0 Å². The van der Waals surface area contributed by atoms with Gasteiger partial charge in [0.15, 0.2) is 0 Å². The van der Waals surface area contributed by atoms with Crippen LogP contribution in [-0.2, 0) is 4.74 Å². The van der Waals surface area contributed by atoms with Crippen molar-refractivity contribution in [2.24, 2.45) is 0 Å². The summed E-state index contributed by atoms with van der Waals surface area (Å²) in [6.07, 6.45) is -0.990. The molecule has 1 fully saturated rings. The van der Waals surface area contributed by atoms with E-state index in [4.69, 9.17) is 16.3 Å². The Hall–Kier alpha value is -2.60. The zero-order valence-corrected chi connectivity index (χ0v) is 13.3. The molecule has 3 rings (SSSR count). The number of cyclic esters (lactones) is 1. The van der Waals surface area contributed by atoms with Gasteiger partial charge in [0.25, 0.3) is 5.91 Å². The third kappa shape index (κ3) is 3.65. The molecule has 24 heavy (non-hydrogen) atoms. The SMILES string of the molecule is O=C(NCC1CN(c2cccc(Cl)c2)C(=O)O1)c1cccc(F)c1. The van der Waals surface area contributed by atoms with E-state index in [1.807, 2.05) is 0 Å². The molecule has 0 aromatic heterocycles. The van der Waals surface area contributed by atoms with Crippen LogP contribution >= 0.6 is 11.6 Å². The minimum atomic E-state index is -0.498. The molecule has 1 heterocycles. The van der Waals surface area contributed by atoms with Crippen molar-refractivity contribution in [3.05, 3.63) is 64.9 Å². The summed E-state index contributed by atoms with van der Waals surface area (Å²) in [6.45, 7) is 0.431. The third-order valence-electron chi connectivity index (χ3n) is 3.57. The number of hydrogen-bond acceptors (Lipinski definition) is 3. The Balaban J connectivity index is 1.59. The smallest absolute Gasteiger partial charge is 0.414 e. The lowest BCUT2D eigenvalue weighted by Crippen LogP contribution is -2.34. The molecular formula is C17H14ClFN2O3. The third-order valence-corrected chi connectivity index (χ3v) is 3.81. The summed E-state index contributed by atoms with van der Waals surface area (Å²) in [4.78, 5) is 25.4. The van der Waals surface area contributed by atoms with Crippen LogP contribution in [0.3, 0.4) is 0 Å². The predicted octanol–water partition coefficient (Wildman–Crippen LogP) is 3.23. The quantitative estimate of drug-likeness (QED) is 0.922. The number of nitrogens with zero attached hydrogens (tertiary/aromatic N) is 1. The first-order valence-electron chi connectivity index (χ1n) is 7.30. The van der Waals surface area contributed by atoms with Gasteiger partial charge in [0.1, 0.15) is 11.9 Å². The lowest BCUT2D eigenvalue weighted by molar-refractivity contribution is 0.0915. The molecular weight excluding hydrogens is 335 g/mol. The highest BCUT2D eigenvalue weighted by Crippen LogP contribution is 2.24. The number of amides is 2. The van der Waals surface area contributed by atoms with Gasteiger partial charge >= 0.3 is 6.09 Å². The molecule has 1 saturated heterocycles. The second-order valence-electron chi connectivity index (χ2n) is 5.32. The van der Waals surface area contributed by atoms with Crippen molar-refractivity contribution >= 4 is 29.3 Å². The lowest BCUT2D eigenvalue weighted by atomic mass is 10.2. The minimum Gasteiger partial charge on any atom is -0.442 e. The first kappa shape index (κ1) is 16.3. The summed E-state index contributed by atoms with van der Waals surface area (Å²) in [7, 11) is 0. The number of halogens is 2. The Morgan fingerprint density at radius 1 is 1.29 bits per heavy atom. The molecule has 5 nitrogen and oxygen atoms in total. The molecule has 2 aromatic rings. The molecule has 1 unspecified atom stereocenters. The summed E-state index contributed by atoms with van der Waals surface area (Å²) in [5, 5.41) is 3.15. The number of ether oxygens (including phenoxy) is 1. The Morgan fingerprint density at radius 2 is 2.08 bits per heavy atom. The Kier molecular flexibility index (Phi) is 4.66. The van der Waals surface area contributed by atoms with Crippen molar-refractivity contribution in [1.29, 1.82) is 0 Å². The molecule has 2 aromatic carbocycles. The maximum atomic E-state index is 13.1. The highest BCUT2D eigenvalue weighted by molar-refractivity contribution is 6.30. The van der Waals surface area contributed by atoms with E-state index >= 15 is 0 Å². The summed E-state index contributed by atoms with van der Waals surface area (Å²) in [5.74, 6) is -0.908. The monoisotopic (exact) mass is 348 g/mol. The molecule has 1 atom stereocenters. The number of benzene rings is 2. The molecule has 0 radical (unpaired) electrons. The van der Waals surface area contributed by atoms with Crippen molar-refractivity contribution < 1.29 is 18.7 Å². The second-order valence-corrected chi connectivity index (χ2v) is 5.75. The van der Waals surface area contributed by atoms with Crippen LogP contribution < -0.4 is 10.2 Å². The Bertz CT molecular complexity index is 784. The molecule has 1 N–H and O–H groups in total. The average Bonchev–Trinajstić information content (AvgIpc) is 2.93. The number of hydrogen-bond donors (Lipinski definition) is 1. The highest BCUT2D eigenvalue weighted by atomic mass is 35.5. The van der Waals surface area contributed by atoms with E-state index in [2.05, 4.69) is 5.32 Å². The van der Waals surface area contributed by atoms with Gasteiger partial charge in [-0.3, -0.25) is 9.69 Å². The van der Waals surface area contributed by atoms with Gasteiger partial charge in [0.05, 0.1) is 13.1 Å². The van der Waals surface area contributed by atoms with Gasteiger partial charge in [-0.05, 0) is 36.4 Å². The second kappa shape index (κ2) is 6.88. The van der Waals surface area contributed by atoms with Gasteiger partial charge in [-0.2, -0.15) is 0 Å². The van der Waals surface area contributed by atoms with Crippen molar-refractivity contribution in [2.75, 3.05) is 18.0 Å². The Labute approximate surface area is 143 Å². The van der Waals surface area contributed by atoms with Crippen molar-refractivity contribution in [2.45, 2.75) is 6.10 Å². The molecule has 0 spiro atoms. The van der Waals surface area contributed by atoms with Crippen LogP contribution in [0.2, 0.25) is 5.02 Å². The molecule has 2 amide bonds. The average molecular weight is 349 g/mol. The Morgan fingerprint density at radius 3 is 2.83 bits per heavy atom. The van der Waals surface area contributed by atoms with Crippen LogP contribution in [0.4, 0.5) is 14.9 Å². The van der Waals surface area contributed by atoms with E-state index in [-0.39, 0.29) is 12.1 Å². The molecule has 1 aliphatic heterocycles. The predicted molar refractivity (Wildman–Crippen MR) is 87.8 cm³/mol. The number of rotatable bonds is 4. The fourth-order valence-electron chi connectivity index (χ4n) is 2.42. The number of nitrogens with one attached hydrogen (secondary N) is 1. The zero-order valence-electron chi connectivity index (χ0n) is 12.5. The molecule has 1 aliphatic rings. The number of carbonyl (C=O) groups is 2. The zero-order chi connectivity index (χ0) is 17.1. The summed E-state index contributed by atoms with van der Waals surface area (Å²) in [5.41, 5.74) is 0.845. The maximum Gasteiger partial charge on any atom is 0.414 e. The van der Waals surface area contributed by atoms with Crippen LogP contribution in [0.5, 0.6) is 0 Å². The van der Waals surface area contributed by atoms with Gasteiger partial charge in [0.2, 0.25) is 0 Å². The van der Waals surface area contributed by atoms with E-state index < -0.39 is 23.9 Å². The van der Waals surface area contributed by atoms with Crippen molar-refractivity contribution in [1.82, 2.24) is 5.32 Å². The highest BCUT2D eigenvalue weighted by Gasteiger charge is 2.32. The first-order valence-corrected chi connectivity index (χ1v) is 7.68. The van der Waals surface area contributed by atoms with E-state index in [0.717, 1.165) is 6.07 Å². The summed E-state index contributed by atoms with van der Waals surface area (Å²) >= 11 is 5.92. The van der Waals surface area contributed by atoms with Gasteiger partial charge in [-0.25, -0.2) is 9.18 Å². The topological polar surface area (TPSA) is 58.6 Å². The van der Waals surface area contributed by atoms with E-state index in [1.54, 1.807) is 24.3 Å². The molecule has 0 saturated carbocycles. The maximum absolute atomic E-state index is 13.1. The van der Waals surface area contributed by atoms with E-state index in [1.165, 1.54) is 23.1 Å². The van der Waals surface area contributed by atoms with E-state index in [0.29, 0.717) is 17.3 Å². The van der Waals surface area contributed by atoms with Gasteiger partial charge in [0, 0.05) is 16.3 Å². The van der Waals surface area contributed by atoms with Crippen LogP contribution in [0.1, 0.15) is 10.4 Å². The van der Waals surface area contributed by atoms with Crippen LogP contribution in [-0.4, -0.2) is 31.2 Å². The largest absolute Gasteiger partial charge is 0.442 e. The van der Waals surface area contributed by atoms with Crippen molar-refractivity contribution in [3.8, 4) is 0 Å². The molecule has 0 aliphatic carbocycles. The summed E-state index contributed by atoms with van der Waals surface area (Å²) in [6, 6.07) is 12.2. The van der Waals surface area contributed by atoms with Gasteiger partial charge in [-0.1, -0.05) is 23.7 Å². The van der Waals surface area contributed by atoms with Crippen molar-refractivity contribution in [3.63, 3.8) is 0 Å². The normalized spacial score (nSPS) is 16.8. The fourth-order valence-corrected chi connectivity index (χ4v) is 2.61. The number of carbonyl (C=O) groups excluding carboxylic acids is 2. The van der Waals surface area contributed by atoms with E-state index in [9.17, 15) is 14.0 Å². The molecule has 7 heteroatoms. The minimum absolute atomic E-state index is 0.137. The van der Waals surface area contributed by atoms with Crippen LogP contribution in [0.15, 0.2) is 48.5 Å². The van der Waals surface area contributed by atoms with Crippen LogP contribution in [0.25, 0.3) is 0 Å². The fraction of sp³-hybridized carbons (Fsp3) is 0.176. The molecule has 124 valence electrons. The summed E-state index contributed by atoms with van der Waals surface area (Å²) < 4.78 is 18.4. The standard InChI is InChI=1S/C17H14ClFN2O3/c18-12-4-2-6-14(8-12)21-10-15(24-17(21)23)9-20-16(22)11-3-1-5-13(19)7-11/h1-8,15H,9-10H2,(H,20,22). The molecule has 0 bridgehead atoms. The first-order chi connectivity index (χ1) is 11.5. The van der Waals surface area contributed by atoms with Gasteiger partial charge < -0.3 is 10.1 Å². The lowest BCUT2D eigenvalue weighted by Gasteiger charge is -2.13. The van der Waals surface area contributed by atoms with Crippen LogP contribution in [0, 0.1) is 5.82 Å².